The van der Waals surface area contributed by atoms with E-state index in [4.69, 9.17) is 10.3 Å². The number of fused-ring (bicyclic) bond motifs is 3. The fourth-order valence-corrected chi connectivity index (χ4v) is 8.04. The molecule has 1 aromatic carbocycles. The maximum atomic E-state index is 13.9. The molecule has 3 aliphatic rings. The van der Waals surface area contributed by atoms with Crippen LogP contribution < -0.4 is 15.4 Å². The summed E-state index contributed by atoms with van der Waals surface area (Å²) in [5, 5.41) is 26.3. The summed E-state index contributed by atoms with van der Waals surface area (Å²) in [5.41, 5.74) is 3.29. The zero-order valence-corrected chi connectivity index (χ0v) is 24.1. The second kappa shape index (κ2) is 9.81. The highest BCUT2D eigenvalue weighted by Crippen LogP contribution is 2.51. The molecule has 0 bridgehead atoms. The van der Waals surface area contributed by atoms with Crippen LogP contribution in [-0.2, 0) is 42.2 Å². The van der Waals surface area contributed by atoms with E-state index in [2.05, 4.69) is 9.88 Å². The molecule has 2 saturated carbocycles. The van der Waals surface area contributed by atoms with Gasteiger partial charge in [0.05, 0.1) is 11.5 Å². The summed E-state index contributed by atoms with van der Waals surface area (Å²) >= 11 is 0. The second-order valence-corrected chi connectivity index (χ2v) is 13.1. The van der Waals surface area contributed by atoms with Crippen molar-refractivity contribution >= 4 is 44.8 Å². The van der Waals surface area contributed by atoms with Gasteiger partial charge in [-0.25, -0.2) is 13.1 Å². The minimum atomic E-state index is -4.14. The first-order valence-electron chi connectivity index (χ1n) is 13.2. The first-order valence-corrected chi connectivity index (χ1v) is 14.6. The number of primary amides is 1. The van der Waals surface area contributed by atoms with Crippen molar-refractivity contribution in [3.8, 4) is 5.75 Å². The fraction of sp³-hybridized carbons (Fsp3) is 0.481. The molecule has 15 heteroatoms. The number of benzene rings is 1. The molecule has 1 aromatic heterocycles. The molecule has 5 rings (SSSR count). The number of aliphatic hydroxyl groups is 1. The number of sulfonamides is 1. The standard InChI is InChI=1S/C27H30N4O10S/c1-10-23(11(2)41-30-10)42(39,40)29-9-13-7-16(31(3)4)15-6-12-5-14-8-17(32)20(26(28)37)25(36)27(14,38)24(35)18(12)22(34)19(15)21(13)33/h7,12,14,18,20,29,33,38H,5-6,8-9H2,1-4H3,(H2,28,37)/t12-,14+,18?,20?,27+/m1/s1. The Morgan fingerprint density at radius 3 is 2.43 bits per heavy atom. The number of carbonyl (C=O) groups excluding carboxylic acids is 5. The Kier molecular flexibility index (Phi) is 6.90. The quantitative estimate of drug-likeness (QED) is 0.306. The number of nitrogens with zero attached hydrogens (tertiary/aromatic N) is 2. The second-order valence-electron chi connectivity index (χ2n) is 11.4. The van der Waals surface area contributed by atoms with Gasteiger partial charge < -0.3 is 25.4 Å². The Morgan fingerprint density at radius 1 is 1.19 bits per heavy atom. The third kappa shape index (κ3) is 4.17. The molecule has 14 nitrogen and oxygen atoms in total. The average molecular weight is 603 g/mol. The number of nitrogens with one attached hydrogen (secondary N) is 1. The molecule has 0 spiro atoms. The molecular formula is C27H30N4O10S. The molecule has 2 aromatic rings. The van der Waals surface area contributed by atoms with Crippen LogP contribution in [0.2, 0.25) is 0 Å². The van der Waals surface area contributed by atoms with E-state index in [9.17, 15) is 42.6 Å². The summed E-state index contributed by atoms with van der Waals surface area (Å²) in [7, 11) is -0.762. The van der Waals surface area contributed by atoms with Crippen molar-refractivity contribution in [1.29, 1.82) is 0 Å². The van der Waals surface area contributed by atoms with E-state index in [0.29, 0.717) is 11.3 Å². The van der Waals surface area contributed by atoms with E-state index in [1.165, 1.54) is 19.9 Å². The van der Waals surface area contributed by atoms with E-state index in [1.54, 1.807) is 19.0 Å². The number of carbonyl (C=O) groups is 5. The molecule has 5 atom stereocenters. The highest BCUT2D eigenvalue weighted by molar-refractivity contribution is 7.89. The number of phenols is 1. The van der Waals surface area contributed by atoms with E-state index >= 15 is 0 Å². The number of nitrogens with two attached hydrogens (primary N) is 1. The van der Waals surface area contributed by atoms with Gasteiger partial charge in [-0.15, -0.1) is 0 Å². The predicted molar refractivity (Wildman–Crippen MR) is 143 cm³/mol. The van der Waals surface area contributed by atoms with Gasteiger partial charge in [0.25, 0.3) is 0 Å². The van der Waals surface area contributed by atoms with Gasteiger partial charge in [0, 0.05) is 44.2 Å². The van der Waals surface area contributed by atoms with Gasteiger partial charge in [-0.1, -0.05) is 5.16 Å². The zero-order valence-electron chi connectivity index (χ0n) is 23.3. The SMILES string of the molecule is Cc1noc(C)c1S(=O)(=O)NCc1cc(N(C)C)c2c(c1O)C(=O)C1C(=O)[C@]3(O)C(=O)C(C(N)=O)C(=O)C[C@@H]3C[C@@H]1C2. The lowest BCUT2D eigenvalue weighted by atomic mass is 9.53. The molecule has 42 heavy (non-hydrogen) atoms. The molecule has 2 unspecified atom stereocenters. The highest BCUT2D eigenvalue weighted by Gasteiger charge is 2.66. The molecule has 0 saturated heterocycles. The first kappa shape index (κ1) is 29.5. The van der Waals surface area contributed by atoms with Crippen LogP contribution in [-0.4, -0.2) is 72.5 Å². The van der Waals surface area contributed by atoms with Crippen molar-refractivity contribution < 1.29 is 47.1 Å². The van der Waals surface area contributed by atoms with Gasteiger partial charge >= 0.3 is 0 Å². The van der Waals surface area contributed by atoms with Crippen LogP contribution in [0.25, 0.3) is 0 Å². The molecule has 1 heterocycles. The van der Waals surface area contributed by atoms with E-state index in [1.807, 2.05) is 0 Å². The van der Waals surface area contributed by atoms with E-state index in [0.717, 1.165) is 0 Å². The molecule has 1 amide bonds. The van der Waals surface area contributed by atoms with Crippen molar-refractivity contribution in [2.75, 3.05) is 19.0 Å². The lowest BCUT2D eigenvalue weighted by Crippen LogP contribution is -2.68. The molecule has 0 radical (unpaired) electrons. The predicted octanol–water partition coefficient (Wildman–Crippen LogP) is -0.524. The van der Waals surface area contributed by atoms with Gasteiger partial charge in [0.2, 0.25) is 15.9 Å². The van der Waals surface area contributed by atoms with Crippen LogP contribution in [0.5, 0.6) is 5.75 Å². The molecule has 3 aliphatic carbocycles. The fourth-order valence-electron chi connectivity index (χ4n) is 6.71. The van der Waals surface area contributed by atoms with Gasteiger partial charge in [-0.05, 0) is 44.2 Å². The summed E-state index contributed by atoms with van der Waals surface area (Å²) < 4.78 is 33.3. The number of amides is 1. The normalized spacial score (nSPS) is 27.4. The van der Waals surface area contributed by atoms with Crippen molar-refractivity contribution in [2.24, 2.45) is 29.4 Å². The van der Waals surface area contributed by atoms with Crippen molar-refractivity contribution in [3.05, 3.63) is 34.2 Å². The monoisotopic (exact) mass is 602 g/mol. The van der Waals surface area contributed by atoms with Gasteiger partial charge in [0.15, 0.2) is 40.4 Å². The van der Waals surface area contributed by atoms with Gasteiger partial charge in [-0.2, -0.15) is 0 Å². The smallest absolute Gasteiger partial charge is 0.246 e. The number of anilines is 1. The van der Waals surface area contributed by atoms with Crippen LogP contribution >= 0.6 is 0 Å². The lowest BCUT2D eigenvalue weighted by Gasteiger charge is -2.48. The lowest BCUT2D eigenvalue weighted by molar-refractivity contribution is -0.175. The topological polar surface area (TPSA) is 227 Å². The summed E-state index contributed by atoms with van der Waals surface area (Å²) in [6.45, 7) is 2.45. The molecular weight excluding hydrogens is 572 g/mol. The summed E-state index contributed by atoms with van der Waals surface area (Å²) in [4.78, 5) is 66.7. The molecule has 5 N–H and O–H groups in total. The zero-order chi connectivity index (χ0) is 31.0. The van der Waals surface area contributed by atoms with Gasteiger partial charge in [-0.3, -0.25) is 24.0 Å². The molecule has 0 aliphatic heterocycles. The Balaban J connectivity index is 1.55. The third-order valence-corrected chi connectivity index (χ3v) is 10.3. The Labute approximate surface area is 240 Å². The molecule has 224 valence electrons. The number of aromatic nitrogens is 1. The van der Waals surface area contributed by atoms with E-state index < -0.39 is 87.1 Å². The number of ketones is 4. The number of rotatable bonds is 6. The highest BCUT2D eigenvalue weighted by atomic mass is 32.2. The maximum Gasteiger partial charge on any atom is 0.246 e. The van der Waals surface area contributed by atoms with Gasteiger partial charge in [0.1, 0.15) is 16.3 Å². The molecule has 2 fully saturated rings. The number of aryl methyl sites for hydroxylation is 2. The van der Waals surface area contributed by atoms with Crippen LogP contribution in [0.15, 0.2) is 15.5 Å². The Bertz CT molecular complexity index is 1670. The number of hydrogen-bond acceptors (Lipinski definition) is 12. The number of hydrogen-bond donors (Lipinski definition) is 4. The summed E-state index contributed by atoms with van der Waals surface area (Å²) in [6, 6.07) is 1.53. The Hall–Kier alpha value is -3.95. The van der Waals surface area contributed by atoms with Crippen molar-refractivity contribution in [1.82, 2.24) is 9.88 Å². The number of Topliss-reactive ketones (excluding diaryl/α,β-unsaturated/α-hetero) is 4. The Morgan fingerprint density at radius 2 is 1.86 bits per heavy atom. The number of aromatic hydroxyl groups is 1. The third-order valence-electron chi connectivity index (χ3n) is 8.63. The van der Waals surface area contributed by atoms with Crippen LogP contribution in [0, 0.1) is 37.5 Å². The minimum Gasteiger partial charge on any atom is -0.507 e. The van der Waals surface area contributed by atoms with Crippen LogP contribution in [0.3, 0.4) is 0 Å². The van der Waals surface area contributed by atoms with Crippen molar-refractivity contribution in [2.45, 2.75) is 50.2 Å². The summed E-state index contributed by atoms with van der Waals surface area (Å²) in [6.07, 6.45) is -0.368. The maximum absolute atomic E-state index is 13.9. The van der Waals surface area contributed by atoms with Crippen LogP contribution in [0.1, 0.15) is 45.8 Å². The van der Waals surface area contributed by atoms with E-state index in [-0.39, 0.29) is 40.3 Å². The number of phenolic OH excluding ortho intramolecular Hbond substituents is 1. The van der Waals surface area contributed by atoms with Crippen molar-refractivity contribution in [3.63, 3.8) is 0 Å². The first-order chi connectivity index (χ1) is 19.5. The average Bonchev–Trinajstić information content (AvgIpc) is 3.23. The van der Waals surface area contributed by atoms with Crippen LogP contribution in [0.4, 0.5) is 5.69 Å². The summed E-state index contributed by atoms with van der Waals surface area (Å²) in [5.74, 6) is -11.3. The largest absolute Gasteiger partial charge is 0.507 e. The minimum absolute atomic E-state index is 0.0341.